The van der Waals surface area contributed by atoms with Crippen molar-refractivity contribution >= 4 is 28.6 Å². The fourth-order valence-electron chi connectivity index (χ4n) is 1.94. The van der Waals surface area contributed by atoms with Crippen LogP contribution in [-0.4, -0.2) is 15.0 Å². The van der Waals surface area contributed by atoms with E-state index in [-0.39, 0.29) is 0 Å². The van der Waals surface area contributed by atoms with Gasteiger partial charge in [-0.3, -0.25) is 0 Å². The number of anilines is 1. The molecule has 0 bridgehead atoms. The predicted octanol–water partition coefficient (Wildman–Crippen LogP) is 3.14. The summed E-state index contributed by atoms with van der Waals surface area (Å²) < 4.78 is 0. The molecule has 0 unspecified atom stereocenters. The topological polar surface area (TPSA) is 67.6 Å². The van der Waals surface area contributed by atoms with Crippen LogP contribution >= 0.6 is 11.8 Å². The summed E-state index contributed by atoms with van der Waals surface area (Å²) >= 11 is 1.63. The van der Waals surface area contributed by atoms with Gasteiger partial charge in [-0.15, -0.1) is 0 Å². The van der Waals surface area contributed by atoms with Gasteiger partial charge in [0, 0.05) is 5.75 Å². The maximum Gasteiger partial charge on any atom is 0.166 e. The summed E-state index contributed by atoms with van der Waals surface area (Å²) in [4.78, 5) is 12.2. The molecule has 3 aromatic rings. The smallest absolute Gasteiger partial charge is 0.166 e. The lowest BCUT2D eigenvalue weighted by atomic mass is 10.2. The number of nitrogen functional groups attached to an aromatic ring is 1. The van der Waals surface area contributed by atoms with Gasteiger partial charge in [0.2, 0.25) is 0 Å². The number of pyridine rings is 1. The molecule has 3 rings (SSSR count). The molecular formula is C14H14N4S. The first-order chi connectivity index (χ1) is 9.22. The maximum absolute atomic E-state index is 5.66. The van der Waals surface area contributed by atoms with Crippen LogP contribution in [0.1, 0.15) is 11.3 Å². The third kappa shape index (κ3) is 2.56. The van der Waals surface area contributed by atoms with E-state index in [4.69, 9.17) is 5.73 Å². The average Bonchev–Trinajstić information content (AvgIpc) is 2.81. The predicted molar refractivity (Wildman–Crippen MR) is 79.0 cm³/mol. The van der Waals surface area contributed by atoms with Gasteiger partial charge in [0.25, 0.3) is 0 Å². The summed E-state index contributed by atoms with van der Waals surface area (Å²) in [5, 5.41) is 0.911. The first kappa shape index (κ1) is 12.0. The Morgan fingerprint density at radius 1 is 1.16 bits per heavy atom. The van der Waals surface area contributed by atoms with Crippen molar-refractivity contribution in [1.82, 2.24) is 15.0 Å². The standard InChI is InChI=1S/C14H14N4S/c1-9-4-2-6-11-13(9)18-14(17-11)19-8-10-5-3-7-12(15)16-10/h2-7H,8H2,1H3,(H2,15,16)(H,17,18). The summed E-state index contributed by atoms with van der Waals surface area (Å²) in [6.45, 7) is 2.07. The maximum atomic E-state index is 5.66. The molecular weight excluding hydrogens is 256 g/mol. The third-order valence-electron chi connectivity index (χ3n) is 2.88. The summed E-state index contributed by atoms with van der Waals surface area (Å²) in [5.41, 5.74) is 9.91. The summed E-state index contributed by atoms with van der Waals surface area (Å²) in [6.07, 6.45) is 0. The number of hydrogen-bond acceptors (Lipinski definition) is 4. The van der Waals surface area contributed by atoms with E-state index in [1.165, 1.54) is 5.56 Å². The number of nitrogens with two attached hydrogens (primary N) is 1. The Morgan fingerprint density at radius 3 is 2.79 bits per heavy atom. The Bertz CT molecular complexity index is 720. The molecule has 1 aromatic carbocycles. The van der Waals surface area contributed by atoms with Crippen molar-refractivity contribution in [2.75, 3.05) is 5.73 Å². The van der Waals surface area contributed by atoms with Gasteiger partial charge in [0.1, 0.15) is 5.82 Å². The molecule has 2 aromatic heterocycles. The molecule has 4 nitrogen and oxygen atoms in total. The van der Waals surface area contributed by atoms with Crippen LogP contribution in [0.5, 0.6) is 0 Å². The van der Waals surface area contributed by atoms with E-state index in [1.807, 2.05) is 24.3 Å². The van der Waals surface area contributed by atoms with E-state index in [9.17, 15) is 0 Å². The number of aromatic nitrogens is 3. The SMILES string of the molecule is Cc1cccc2[nH]c(SCc3cccc(N)n3)nc12. The van der Waals surface area contributed by atoms with Gasteiger partial charge in [-0.1, -0.05) is 30.0 Å². The molecule has 0 amide bonds. The highest BCUT2D eigenvalue weighted by molar-refractivity contribution is 7.98. The number of benzene rings is 1. The molecule has 0 saturated heterocycles. The molecule has 5 heteroatoms. The lowest BCUT2D eigenvalue weighted by molar-refractivity contribution is 1.07. The van der Waals surface area contributed by atoms with Crippen molar-refractivity contribution < 1.29 is 0 Å². The number of fused-ring (bicyclic) bond motifs is 1. The quantitative estimate of drug-likeness (QED) is 0.717. The number of rotatable bonds is 3. The van der Waals surface area contributed by atoms with Gasteiger partial charge < -0.3 is 10.7 Å². The second kappa shape index (κ2) is 4.93. The Kier molecular flexibility index (Phi) is 3.13. The molecule has 0 fully saturated rings. The Hall–Kier alpha value is -2.01. The lowest BCUT2D eigenvalue weighted by Gasteiger charge is -1.99. The van der Waals surface area contributed by atoms with Crippen LogP contribution < -0.4 is 5.73 Å². The van der Waals surface area contributed by atoms with E-state index in [0.717, 1.165) is 27.6 Å². The highest BCUT2D eigenvalue weighted by atomic mass is 32.2. The molecule has 0 aliphatic rings. The fourth-order valence-corrected chi connectivity index (χ4v) is 2.73. The summed E-state index contributed by atoms with van der Waals surface area (Å²) in [5.74, 6) is 1.31. The van der Waals surface area contributed by atoms with E-state index in [2.05, 4.69) is 27.9 Å². The monoisotopic (exact) mass is 270 g/mol. The second-order valence-electron chi connectivity index (χ2n) is 4.36. The van der Waals surface area contributed by atoms with Crippen LogP contribution in [-0.2, 0) is 5.75 Å². The van der Waals surface area contributed by atoms with Gasteiger partial charge in [-0.2, -0.15) is 0 Å². The highest BCUT2D eigenvalue weighted by Gasteiger charge is 2.06. The number of aryl methyl sites for hydroxylation is 1. The molecule has 2 heterocycles. The third-order valence-corrected chi connectivity index (χ3v) is 3.78. The van der Waals surface area contributed by atoms with Gasteiger partial charge >= 0.3 is 0 Å². The van der Waals surface area contributed by atoms with Crippen LogP contribution in [0, 0.1) is 6.92 Å². The minimum absolute atomic E-state index is 0.554. The van der Waals surface area contributed by atoms with Gasteiger partial charge in [0.05, 0.1) is 16.7 Å². The molecule has 96 valence electrons. The highest BCUT2D eigenvalue weighted by Crippen LogP contribution is 2.24. The van der Waals surface area contributed by atoms with Crippen LogP contribution in [0.4, 0.5) is 5.82 Å². The van der Waals surface area contributed by atoms with Gasteiger partial charge in [0.15, 0.2) is 5.16 Å². The lowest BCUT2D eigenvalue weighted by Crippen LogP contribution is -1.93. The molecule has 0 radical (unpaired) electrons. The zero-order valence-corrected chi connectivity index (χ0v) is 11.4. The van der Waals surface area contributed by atoms with Crippen molar-refractivity contribution in [3.63, 3.8) is 0 Å². The number of H-pyrrole nitrogens is 1. The van der Waals surface area contributed by atoms with E-state index in [1.54, 1.807) is 17.8 Å². The molecule has 0 aliphatic heterocycles. The Labute approximate surface area is 115 Å². The number of para-hydroxylation sites is 1. The second-order valence-corrected chi connectivity index (χ2v) is 5.32. The normalized spacial score (nSPS) is 11.0. The van der Waals surface area contributed by atoms with Crippen LogP contribution in [0.25, 0.3) is 11.0 Å². The van der Waals surface area contributed by atoms with Gasteiger partial charge in [-0.05, 0) is 30.7 Å². The van der Waals surface area contributed by atoms with Crippen molar-refractivity contribution in [3.8, 4) is 0 Å². The largest absolute Gasteiger partial charge is 0.384 e. The number of hydrogen-bond donors (Lipinski definition) is 2. The van der Waals surface area contributed by atoms with Crippen molar-refractivity contribution in [2.24, 2.45) is 0 Å². The minimum Gasteiger partial charge on any atom is -0.384 e. The number of nitrogens with zero attached hydrogens (tertiary/aromatic N) is 2. The minimum atomic E-state index is 0.554. The zero-order chi connectivity index (χ0) is 13.2. The number of nitrogens with one attached hydrogen (secondary N) is 1. The first-order valence-electron chi connectivity index (χ1n) is 6.02. The van der Waals surface area contributed by atoms with Crippen molar-refractivity contribution in [1.29, 1.82) is 0 Å². The van der Waals surface area contributed by atoms with Crippen LogP contribution in [0.2, 0.25) is 0 Å². The molecule has 0 spiro atoms. The summed E-state index contributed by atoms with van der Waals surface area (Å²) in [6, 6.07) is 11.8. The van der Waals surface area contributed by atoms with Crippen molar-refractivity contribution in [2.45, 2.75) is 17.8 Å². The molecule has 19 heavy (non-hydrogen) atoms. The summed E-state index contributed by atoms with van der Waals surface area (Å²) in [7, 11) is 0. The fraction of sp³-hybridized carbons (Fsp3) is 0.143. The first-order valence-corrected chi connectivity index (χ1v) is 7.00. The van der Waals surface area contributed by atoms with E-state index < -0.39 is 0 Å². The molecule has 0 atom stereocenters. The average molecular weight is 270 g/mol. The number of imidazole rings is 1. The molecule has 0 saturated carbocycles. The number of aromatic amines is 1. The Morgan fingerprint density at radius 2 is 2.00 bits per heavy atom. The molecule has 3 N–H and O–H groups in total. The van der Waals surface area contributed by atoms with Gasteiger partial charge in [-0.25, -0.2) is 9.97 Å². The van der Waals surface area contributed by atoms with E-state index in [0.29, 0.717) is 5.82 Å². The number of thioether (sulfide) groups is 1. The molecule has 0 aliphatic carbocycles. The Balaban J connectivity index is 1.80. The van der Waals surface area contributed by atoms with Crippen molar-refractivity contribution in [3.05, 3.63) is 47.7 Å². The van der Waals surface area contributed by atoms with Crippen LogP contribution in [0.3, 0.4) is 0 Å². The van der Waals surface area contributed by atoms with E-state index >= 15 is 0 Å². The van der Waals surface area contributed by atoms with Crippen LogP contribution in [0.15, 0.2) is 41.6 Å². The zero-order valence-electron chi connectivity index (χ0n) is 10.6.